The van der Waals surface area contributed by atoms with Gasteiger partial charge in [-0.1, -0.05) is 15.9 Å². The molecule has 0 spiro atoms. The van der Waals surface area contributed by atoms with E-state index in [1.165, 1.54) is 7.11 Å². The Kier molecular flexibility index (Phi) is 5.05. The summed E-state index contributed by atoms with van der Waals surface area (Å²) < 4.78 is 41.3. The van der Waals surface area contributed by atoms with Crippen molar-refractivity contribution in [2.75, 3.05) is 26.7 Å². The number of alkyl halides is 4. The van der Waals surface area contributed by atoms with E-state index in [4.69, 9.17) is 0 Å². The van der Waals surface area contributed by atoms with Crippen LogP contribution >= 0.6 is 15.9 Å². The molecule has 1 heterocycles. The molecule has 2 unspecified atom stereocenters. The molecule has 1 N–H and O–H groups in total. The lowest BCUT2D eigenvalue weighted by molar-refractivity contribution is -0.130. The summed E-state index contributed by atoms with van der Waals surface area (Å²) in [4.78, 5) is 11.0. The Morgan fingerprint density at radius 1 is 1.65 bits per heavy atom. The number of hydrogen-bond acceptors (Lipinski definition) is 3. The van der Waals surface area contributed by atoms with Crippen molar-refractivity contribution in [3.63, 3.8) is 0 Å². The number of ether oxygens (including phenoxy) is 1. The molecular weight excluding hydrogens is 305 g/mol. The second-order valence-corrected chi connectivity index (χ2v) is 5.00. The van der Waals surface area contributed by atoms with Gasteiger partial charge in [-0.25, -0.2) is 4.79 Å². The van der Waals surface area contributed by atoms with Gasteiger partial charge in [-0.3, -0.25) is 4.90 Å². The maximum atomic E-state index is 12.3. The summed E-state index contributed by atoms with van der Waals surface area (Å²) in [6, 6.07) is -0.143. The van der Waals surface area contributed by atoms with Crippen LogP contribution in [0.2, 0.25) is 0 Å². The quantitative estimate of drug-likeness (QED) is 0.806. The number of likely N-dealkylation sites (tertiary alicyclic amines) is 1. The van der Waals surface area contributed by atoms with Gasteiger partial charge in [0, 0.05) is 25.7 Å². The molecule has 1 rings (SSSR count). The van der Waals surface area contributed by atoms with E-state index in [0.29, 0.717) is 19.5 Å². The number of carbonyl (C=O) groups excluding carboxylic acids is 1. The first-order chi connectivity index (χ1) is 7.82. The minimum absolute atomic E-state index is 0.108. The van der Waals surface area contributed by atoms with E-state index in [-0.39, 0.29) is 12.6 Å². The average molecular weight is 319 g/mol. The third kappa shape index (κ3) is 4.71. The van der Waals surface area contributed by atoms with E-state index in [9.17, 15) is 18.0 Å². The molecule has 0 bridgehead atoms. The van der Waals surface area contributed by atoms with Gasteiger partial charge in [0.1, 0.15) is 4.83 Å². The molecule has 4 nitrogen and oxygen atoms in total. The highest BCUT2D eigenvalue weighted by molar-refractivity contribution is 9.09. The number of methoxy groups -OCH3 is 1. The molecule has 0 radical (unpaired) electrons. The number of alkyl carbamates (subject to hydrolysis) is 1. The number of rotatable bonds is 3. The van der Waals surface area contributed by atoms with Crippen LogP contribution < -0.4 is 5.32 Å². The van der Waals surface area contributed by atoms with Crippen LogP contribution in [0, 0.1) is 0 Å². The number of hydrogen-bond donors (Lipinski definition) is 1. The molecule has 0 aromatic carbocycles. The first-order valence-electron chi connectivity index (χ1n) is 5.10. The molecule has 1 aliphatic rings. The van der Waals surface area contributed by atoms with Crippen molar-refractivity contribution in [2.45, 2.75) is 23.5 Å². The van der Waals surface area contributed by atoms with Crippen LogP contribution in [0.1, 0.15) is 6.42 Å². The fourth-order valence-corrected chi connectivity index (χ4v) is 2.08. The molecule has 100 valence electrons. The minimum Gasteiger partial charge on any atom is -0.453 e. The molecule has 1 saturated heterocycles. The Morgan fingerprint density at radius 2 is 2.29 bits per heavy atom. The van der Waals surface area contributed by atoms with Crippen LogP contribution in [-0.2, 0) is 4.74 Å². The summed E-state index contributed by atoms with van der Waals surface area (Å²) in [6.45, 7) is 0.836. The van der Waals surface area contributed by atoms with Crippen LogP contribution in [0.4, 0.5) is 18.0 Å². The van der Waals surface area contributed by atoms with E-state index in [0.717, 1.165) is 0 Å². The summed E-state index contributed by atoms with van der Waals surface area (Å²) in [5.41, 5.74) is 0. The number of nitrogens with one attached hydrogen (secondary N) is 1. The topological polar surface area (TPSA) is 41.6 Å². The molecular formula is C9H14BrF3N2O2. The highest BCUT2D eigenvalue weighted by atomic mass is 79.9. The Hall–Kier alpha value is -0.500. The summed E-state index contributed by atoms with van der Waals surface area (Å²) in [6.07, 6.45) is -4.16. The molecule has 1 amide bonds. The predicted octanol–water partition coefficient (Wildman–Crippen LogP) is 1.74. The Bertz CT molecular complexity index is 275. The van der Waals surface area contributed by atoms with E-state index in [2.05, 4.69) is 26.0 Å². The first-order valence-corrected chi connectivity index (χ1v) is 6.02. The monoisotopic (exact) mass is 318 g/mol. The van der Waals surface area contributed by atoms with Gasteiger partial charge in [0.15, 0.2) is 0 Å². The van der Waals surface area contributed by atoms with Crippen LogP contribution in [0.5, 0.6) is 0 Å². The van der Waals surface area contributed by atoms with Gasteiger partial charge in [0.05, 0.1) is 7.11 Å². The smallest absolute Gasteiger partial charge is 0.407 e. The van der Waals surface area contributed by atoms with E-state index >= 15 is 0 Å². The van der Waals surface area contributed by atoms with Crippen LogP contribution in [0.3, 0.4) is 0 Å². The van der Waals surface area contributed by atoms with Gasteiger partial charge in [-0.15, -0.1) is 0 Å². The molecule has 17 heavy (non-hydrogen) atoms. The summed E-state index contributed by atoms with van der Waals surface area (Å²) in [5.74, 6) is 0. The molecule has 0 aliphatic carbocycles. The second-order valence-electron chi connectivity index (χ2n) is 3.89. The van der Waals surface area contributed by atoms with Gasteiger partial charge < -0.3 is 10.1 Å². The summed E-state index contributed by atoms with van der Waals surface area (Å²) in [5, 5.41) is 2.57. The fourth-order valence-electron chi connectivity index (χ4n) is 1.67. The SMILES string of the molecule is COC(=O)NC1CCN(CC(Br)C(F)(F)F)C1. The normalized spacial score (nSPS) is 23.5. The van der Waals surface area contributed by atoms with Crippen LogP contribution in [-0.4, -0.2) is 54.8 Å². The van der Waals surface area contributed by atoms with Gasteiger partial charge in [0.25, 0.3) is 0 Å². The Morgan fingerprint density at radius 3 is 2.82 bits per heavy atom. The maximum absolute atomic E-state index is 12.3. The fraction of sp³-hybridized carbons (Fsp3) is 0.889. The number of nitrogens with zero attached hydrogens (tertiary/aromatic N) is 1. The van der Waals surface area contributed by atoms with E-state index in [1.807, 2.05) is 0 Å². The van der Waals surface area contributed by atoms with Crippen molar-refractivity contribution in [2.24, 2.45) is 0 Å². The zero-order chi connectivity index (χ0) is 13.1. The van der Waals surface area contributed by atoms with Gasteiger partial charge in [-0.2, -0.15) is 13.2 Å². The Balaban J connectivity index is 2.33. The minimum atomic E-state index is -4.24. The number of carbonyl (C=O) groups is 1. The van der Waals surface area contributed by atoms with E-state index < -0.39 is 17.1 Å². The molecule has 0 aromatic rings. The largest absolute Gasteiger partial charge is 0.453 e. The third-order valence-corrected chi connectivity index (χ3v) is 3.36. The van der Waals surface area contributed by atoms with Crippen molar-refractivity contribution in [1.82, 2.24) is 10.2 Å². The molecule has 1 fully saturated rings. The second kappa shape index (κ2) is 5.90. The molecule has 0 aromatic heterocycles. The Labute approximate surface area is 106 Å². The van der Waals surface area contributed by atoms with Crippen molar-refractivity contribution in [1.29, 1.82) is 0 Å². The number of halogens is 4. The maximum Gasteiger partial charge on any atom is 0.407 e. The van der Waals surface area contributed by atoms with Gasteiger partial charge >= 0.3 is 12.3 Å². The van der Waals surface area contributed by atoms with Crippen molar-refractivity contribution in [3.8, 4) is 0 Å². The summed E-state index contributed by atoms with van der Waals surface area (Å²) in [7, 11) is 1.25. The third-order valence-electron chi connectivity index (χ3n) is 2.55. The standard InChI is InChI=1S/C9H14BrF3N2O2/c1-17-8(16)14-6-2-3-15(4-6)5-7(10)9(11,12)13/h6-7H,2-5H2,1H3,(H,14,16). The zero-order valence-corrected chi connectivity index (χ0v) is 10.8. The van der Waals surface area contributed by atoms with Crippen molar-refractivity contribution < 1.29 is 22.7 Å². The average Bonchev–Trinajstić information content (AvgIpc) is 2.64. The lowest BCUT2D eigenvalue weighted by Crippen LogP contribution is -2.40. The van der Waals surface area contributed by atoms with Gasteiger partial charge in [-0.05, 0) is 6.42 Å². The molecule has 0 saturated carbocycles. The lowest BCUT2D eigenvalue weighted by Gasteiger charge is -2.21. The van der Waals surface area contributed by atoms with Crippen molar-refractivity contribution >= 4 is 22.0 Å². The summed E-state index contributed by atoms with van der Waals surface area (Å²) >= 11 is 2.61. The molecule has 8 heteroatoms. The van der Waals surface area contributed by atoms with Gasteiger partial charge in [0.2, 0.25) is 0 Å². The predicted molar refractivity (Wildman–Crippen MR) is 59.2 cm³/mol. The number of amides is 1. The van der Waals surface area contributed by atoms with Crippen LogP contribution in [0.15, 0.2) is 0 Å². The highest BCUT2D eigenvalue weighted by Gasteiger charge is 2.39. The lowest BCUT2D eigenvalue weighted by atomic mass is 10.3. The van der Waals surface area contributed by atoms with E-state index in [1.54, 1.807) is 4.90 Å². The van der Waals surface area contributed by atoms with Crippen LogP contribution in [0.25, 0.3) is 0 Å². The first kappa shape index (κ1) is 14.6. The zero-order valence-electron chi connectivity index (χ0n) is 9.26. The molecule has 2 atom stereocenters. The van der Waals surface area contributed by atoms with Crippen molar-refractivity contribution in [3.05, 3.63) is 0 Å². The highest BCUT2D eigenvalue weighted by Crippen LogP contribution is 2.27. The molecule has 1 aliphatic heterocycles.